The Morgan fingerprint density at radius 1 is 0.906 bits per heavy atom. The number of nitrogens with zero attached hydrogens (tertiary/aromatic N) is 1. The molecule has 32 heavy (non-hydrogen) atoms. The zero-order chi connectivity index (χ0) is 22.7. The van der Waals surface area contributed by atoms with Crippen LogP contribution >= 0.6 is 0 Å². The molecule has 0 unspecified atom stereocenters. The summed E-state index contributed by atoms with van der Waals surface area (Å²) in [7, 11) is 3.15. The van der Waals surface area contributed by atoms with Crippen molar-refractivity contribution in [3.05, 3.63) is 119 Å². The van der Waals surface area contributed by atoms with Crippen LogP contribution in [0.15, 0.2) is 97.1 Å². The molecule has 1 heterocycles. The highest BCUT2D eigenvalue weighted by Crippen LogP contribution is 2.48. The summed E-state index contributed by atoms with van der Waals surface area (Å²) in [5.41, 5.74) is 4.42. The monoisotopic (exact) mass is 423 g/mol. The fraction of sp³-hybridized carbons (Fsp3) is 0.143. The Hall–Kier alpha value is -3.92. The third-order valence-corrected chi connectivity index (χ3v) is 5.92. The molecule has 4 nitrogen and oxygen atoms in total. The van der Waals surface area contributed by atoms with E-state index in [0.29, 0.717) is 0 Å². The number of allylic oxidation sites excluding steroid dienone is 2. The quantitative estimate of drug-likeness (QED) is 0.327. The maximum absolute atomic E-state index is 13.9. The van der Waals surface area contributed by atoms with Gasteiger partial charge in [0.1, 0.15) is 5.41 Å². The highest BCUT2D eigenvalue weighted by molar-refractivity contribution is 6.12. The minimum Gasteiger partial charge on any atom is -0.466 e. The van der Waals surface area contributed by atoms with Crippen molar-refractivity contribution in [2.45, 2.75) is 12.3 Å². The molecule has 0 aliphatic carbocycles. The molecule has 3 aromatic carbocycles. The number of esters is 1. The molecule has 1 aliphatic heterocycles. The Kier molecular flexibility index (Phi) is 5.78. The molecule has 0 N–H and O–H groups in total. The van der Waals surface area contributed by atoms with Crippen LogP contribution in [0.2, 0.25) is 0 Å². The number of carbonyl (C=O) groups is 2. The number of amides is 1. The van der Waals surface area contributed by atoms with Gasteiger partial charge in [0.2, 0.25) is 5.91 Å². The molecule has 4 rings (SSSR count). The lowest BCUT2D eigenvalue weighted by atomic mass is 9.73. The Labute approximate surface area is 188 Å². The van der Waals surface area contributed by atoms with E-state index in [0.717, 1.165) is 33.5 Å². The van der Waals surface area contributed by atoms with Gasteiger partial charge in [0.15, 0.2) is 0 Å². The van der Waals surface area contributed by atoms with Crippen molar-refractivity contribution in [2.24, 2.45) is 0 Å². The van der Waals surface area contributed by atoms with Crippen LogP contribution < -0.4 is 4.90 Å². The predicted molar refractivity (Wildman–Crippen MR) is 127 cm³/mol. The Morgan fingerprint density at radius 2 is 1.56 bits per heavy atom. The van der Waals surface area contributed by atoms with Crippen molar-refractivity contribution in [2.75, 3.05) is 19.1 Å². The minimum absolute atomic E-state index is 0.0394. The zero-order valence-corrected chi connectivity index (χ0v) is 18.4. The van der Waals surface area contributed by atoms with Crippen LogP contribution in [0.5, 0.6) is 0 Å². The zero-order valence-electron chi connectivity index (χ0n) is 18.4. The minimum atomic E-state index is -1.02. The van der Waals surface area contributed by atoms with Crippen molar-refractivity contribution >= 4 is 23.1 Å². The molecule has 0 saturated carbocycles. The van der Waals surface area contributed by atoms with Gasteiger partial charge in [-0.05, 0) is 41.3 Å². The molecule has 1 amide bonds. The van der Waals surface area contributed by atoms with E-state index < -0.39 is 11.4 Å². The summed E-state index contributed by atoms with van der Waals surface area (Å²) in [6.45, 7) is 2.03. The number of anilines is 1. The summed E-state index contributed by atoms with van der Waals surface area (Å²) in [5.74, 6) is -0.492. The van der Waals surface area contributed by atoms with Gasteiger partial charge in [0, 0.05) is 18.8 Å². The second-order valence-corrected chi connectivity index (χ2v) is 7.88. The molecule has 0 fully saturated rings. The van der Waals surface area contributed by atoms with Crippen molar-refractivity contribution in [1.29, 1.82) is 0 Å². The Morgan fingerprint density at radius 3 is 2.25 bits per heavy atom. The number of benzene rings is 3. The first kappa shape index (κ1) is 21.3. The number of methoxy groups -OCH3 is 1. The lowest BCUT2D eigenvalue weighted by Crippen LogP contribution is -2.38. The van der Waals surface area contributed by atoms with Crippen molar-refractivity contribution < 1.29 is 14.3 Å². The van der Waals surface area contributed by atoms with E-state index in [-0.39, 0.29) is 5.91 Å². The number of hydrogen-bond donors (Lipinski definition) is 0. The first-order valence-corrected chi connectivity index (χ1v) is 10.5. The van der Waals surface area contributed by atoms with Crippen LogP contribution in [0.4, 0.5) is 5.69 Å². The van der Waals surface area contributed by atoms with Gasteiger partial charge in [-0.1, -0.05) is 84.4 Å². The fourth-order valence-corrected chi connectivity index (χ4v) is 4.22. The van der Waals surface area contributed by atoms with Gasteiger partial charge in [-0.15, -0.1) is 0 Å². The van der Waals surface area contributed by atoms with E-state index in [1.165, 1.54) is 13.2 Å². The summed E-state index contributed by atoms with van der Waals surface area (Å²) in [5, 5.41) is 0. The molecule has 0 aromatic heterocycles. The molecule has 1 atom stereocenters. The number of fused-ring (bicyclic) bond motifs is 1. The summed E-state index contributed by atoms with van der Waals surface area (Å²) >= 11 is 0. The number of ether oxygens (including phenoxy) is 1. The predicted octanol–water partition coefficient (Wildman–Crippen LogP) is 5.07. The van der Waals surface area contributed by atoms with Gasteiger partial charge in [-0.2, -0.15) is 0 Å². The molecule has 0 saturated heterocycles. The van der Waals surface area contributed by atoms with E-state index in [4.69, 9.17) is 4.74 Å². The lowest BCUT2D eigenvalue weighted by molar-refractivity contribution is -0.134. The largest absolute Gasteiger partial charge is 0.466 e. The number of carbonyl (C=O) groups excluding carboxylic acids is 2. The molecule has 0 radical (unpaired) electrons. The van der Waals surface area contributed by atoms with Gasteiger partial charge in [0.05, 0.1) is 7.11 Å². The van der Waals surface area contributed by atoms with Gasteiger partial charge in [-0.3, -0.25) is 4.79 Å². The highest BCUT2D eigenvalue weighted by Gasteiger charge is 2.49. The van der Waals surface area contributed by atoms with Crippen LogP contribution in [0, 0.1) is 6.92 Å². The normalized spacial score (nSPS) is 18.2. The second kappa shape index (κ2) is 8.67. The molecule has 3 aromatic rings. The Balaban J connectivity index is 2.03. The third kappa shape index (κ3) is 3.65. The number of rotatable bonds is 5. The van der Waals surface area contributed by atoms with E-state index in [2.05, 4.69) is 0 Å². The van der Waals surface area contributed by atoms with Crippen molar-refractivity contribution in [3.63, 3.8) is 0 Å². The molecule has 0 spiro atoms. The average molecular weight is 424 g/mol. The van der Waals surface area contributed by atoms with Gasteiger partial charge in [0.25, 0.3) is 0 Å². The van der Waals surface area contributed by atoms with E-state index in [1.807, 2.05) is 91.9 Å². The molecule has 1 aliphatic rings. The standard InChI is InChI=1S/C28H25NO3/c1-20-13-16-23(17-14-20)28(24-11-7-8-12-25(24)29(2)27(28)31)19-22(15-18-26(30)32-3)21-9-5-4-6-10-21/h4-19H,1-3H3/b18-15+,22-19-/t28-/m1/s1. The molecular formula is C28H25NO3. The van der Waals surface area contributed by atoms with E-state index in [9.17, 15) is 9.59 Å². The van der Waals surface area contributed by atoms with E-state index >= 15 is 0 Å². The number of hydrogen-bond acceptors (Lipinski definition) is 3. The van der Waals surface area contributed by atoms with Gasteiger partial charge < -0.3 is 9.64 Å². The number of likely N-dealkylation sites (N-methyl/N-ethyl adjacent to an activating group) is 1. The van der Waals surface area contributed by atoms with Crippen LogP contribution in [0.3, 0.4) is 0 Å². The molecule has 0 bridgehead atoms. The smallest absolute Gasteiger partial charge is 0.330 e. The fourth-order valence-electron chi connectivity index (χ4n) is 4.22. The van der Waals surface area contributed by atoms with Gasteiger partial charge in [-0.25, -0.2) is 4.79 Å². The summed E-state index contributed by atoms with van der Waals surface area (Å²) in [6, 6.07) is 25.6. The number of para-hydroxylation sites is 1. The SMILES string of the molecule is COC(=O)/C=C/C(=C/[C@]1(c2ccc(C)cc2)C(=O)N(C)c2ccccc21)c1ccccc1. The lowest BCUT2D eigenvalue weighted by Gasteiger charge is -2.27. The second-order valence-electron chi connectivity index (χ2n) is 7.88. The van der Waals surface area contributed by atoms with Gasteiger partial charge >= 0.3 is 5.97 Å². The van der Waals surface area contributed by atoms with Crippen LogP contribution in [-0.2, 0) is 19.7 Å². The first-order valence-electron chi connectivity index (χ1n) is 10.5. The van der Waals surface area contributed by atoms with Crippen LogP contribution in [-0.4, -0.2) is 26.0 Å². The van der Waals surface area contributed by atoms with Crippen LogP contribution in [0.1, 0.15) is 22.3 Å². The first-order chi connectivity index (χ1) is 15.5. The summed E-state index contributed by atoms with van der Waals surface area (Å²) < 4.78 is 4.80. The summed E-state index contributed by atoms with van der Waals surface area (Å²) in [6.07, 6.45) is 5.07. The average Bonchev–Trinajstić information content (AvgIpc) is 3.05. The summed E-state index contributed by atoms with van der Waals surface area (Å²) in [4.78, 5) is 27.5. The molecular weight excluding hydrogens is 398 g/mol. The maximum Gasteiger partial charge on any atom is 0.330 e. The highest BCUT2D eigenvalue weighted by atomic mass is 16.5. The Bertz CT molecular complexity index is 1210. The number of aryl methyl sites for hydroxylation is 1. The van der Waals surface area contributed by atoms with Crippen LogP contribution in [0.25, 0.3) is 5.57 Å². The molecule has 160 valence electrons. The third-order valence-electron chi connectivity index (χ3n) is 5.92. The topological polar surface area (TPSA) is 46.6 Å². The van der Waals surface area contributed by atoms with Crippen molar-refractivity contribution in [3.8, 4) is 0 Å². The van der Waals surface area contributed by atoms with Crippen molar-refractivity contribution in [1.82, 2.24) is 0 Å². The molecule has 4 heteroatoms. The maximum atomic E-state index is 13.9. The van der Waals surface area contributed by atoms with E-state index in [1.54, 1.807) is 18.0 Å².